The molecular formula is C13H17ClN2O3. The molecule has 6 heteroatoms. The Morgan fingerprint density at radius 1 is 1.37 bits per heavy atom. The minimum atomic E-state index is -0.543. The molecule has 1 unspecified atom stereocenters. The van der Waals surface area contributed by atoms with Gasteiger partial charge in [0.25, 0.3) is 11.6 Å². The van der Waals surface area contributed by atoms with E-state index in [1.165, 1.54) is 18.2 Å². The first kappa shape index (κ1) is 15.4. The Kier molecular flexibility index (Phi) is 4.89. The summed E-state index contributed by atoms with van der Waals surface area (Å²) in [5, 5.41) is 11.0. The smallest absolute Gasteiger partial charge is 0.270 e. The average molecular weight is 285 g/mol. The molecule has 0 N–H and O–H groups in total. The fraction of sp³-hybridized carbons (Fsp3) is 0.462. The maximum absolute atomic E-state index is 12.3. The Balaban J connectivity index is 3.12. The van der Waals surface area contributed by atoms with Crippen molar-refractivity contribution in [3.8, 4) is 0 Å². The number of halogens is 1. The van der Waals surface area contributed by atoms with Gasteiger partial charge in [0.15, 0.2) is 0 Å². The summed E-state index contributed by atoms with van der Waals surface area (Å²) >= 11 is 5.95. The van der Waals surface area contributed by atoms with E-state index < -0.39 is 4.92 Å². The molecule has 1 rings (SSSR count). The maximum atomic E-state index is 12.3. The fourth-order valence-corrected chi connectivity index (χ4v) is 1.81. The lowest BCUT2D eigenvalue weighted by molar-refractivity contribution is -0.384. The van der Waals surface area contributed by atoms with E-state index in [-0.39, 0.29) is 34.1 Å². The molecule has 19 heavy (non-hydrogen) atoms. The number of nitrogens with zero attached hydrogens (tertiary/aromatic N) is 2. The summed E-state index contributed by atoms with van der Waals surface area (Å²) in [5.41, 5.74) is 0.0178. The Morgan fingerprint density at radius 3 is 2.42 bits per heavy atom. The summed E-state index contributed by atoms with van der Waals surface area (Å²) in [6, 6.07) is 3.89. The largest absolute Gasteiger partial charge is 0.339 e. The molecule has 0 heterocycles. The van der Waals surface area contributed by atoms with Crippen molar-refractivity contribution in [2.24, 2.45) is 5.92 Å². The molecular weight excluding hydrogens is 268 g/mol. The van der Waals surface area contributed by atoms with Crippen LogP contribution in [-0.4, -0.2) is 28.8 Å². The number of hydrogen-bond acceptors (Lipinski definition) is 3. The second-order valence-electron chi connectivity index (χ2n) is 4.82. The van der Waals surface area contributed by atoms with Gasteiger partial charge >= 0.3 is 0 Å². The summed E-state index contributed by atoms with van der Waals surface area (Å²) in [6.45, 7) is 5.93. The van der Waals surface area contributed by atoms with Gasteiger partial charge in [0.1, 0.15) is 0 Å². The molecule has 0 saturated heterocycles. The molecule has 0 aromatic heterocycles. The van der Waals surface area contributed by atoms with Crippen LogP contribution in [-0.2, 0) is 0 Å². The molecule has 0 aliphatic rings. The zero-order valence-corrected chi connectivity index (χ0v) is 12.1. The standard InChI is InChI=1S/C13H17ClN2O3/c1-8(2)9(3)15(4)13(17)11-7-10(16(18)19)5-6-12(11)14/h5-9H,1-4H3. The SMILES string of the molecule is CC(C)C(C)N(C)C(=O)c1cc([N+](=O)[O-])ccc1Cl. The number of carbonyl (C=O) groups excluding carboxylic acids is 1. The Bertz CT molecular complexity index is 503. The van der Waals surface area contributed by atoms with Crippen molar-refractivity contribution in [1.82, 2.24) is 4.90 Å². The number of benzene rings is 1. The number of amides is 1. The molecule has 0 aliphatic heterocycles. The zero-order chi connectivity index (χ0) is 14.7. The lowest BCUT2D eigenvalue weighted by Crippen LogP contribution is -2.38. The van der Waals surface area contributed by atoms with Crippen LogP contribution >= 0.6 is 11.6 Å². The van der Waals surface area contributed by atoms with E-state index in [1.807, 2.05) is 20.8 Å². The predicted octanol–water partition coefficient (Wildman–Crippen LogP) is 3.36. The number of nitro benzene ring substituents is 1. The predicted molar refractivity (Wildman–Crippen MR) is 74.5 cm³/mol. The van der Waals surface area contributed by atoms with Crippen molar-refractivity contribution in [2.45, 2.75) is 26.8 Å². The van der Waals surface area contributed by atoms with E-state index in [1.54, 1.807) is 11.9 Å². The zero-order valence-electron chi connectivity index (χ0n) is 11.4. The molecule has 1 aromatic carbocycles. The molecule has 1 amide bonds. The van der Waals surface area contributed by atoms with Crippen LogP contribution in [0.3, 0.4) is 0 Å². The first-order chi connectivity index (χ1) is 8.75. The molecule has 104 valence electrons. The Labute approximate surface area is 117 Å². The van der Waals surface area contributed by atoms with Gasteiger partial charge in [-0.2, -0.15) is 0 Å². The number of non-ortho nitro benzene ring substituents is 1. The van der Waals surface area contributed by atoms with E-state index in [0.717, 1.165) is 0 Å². The number of carbonyl (C=O) groups is 1. The van der Waals surface area contributed by atoms with Crippen LogP contribution in [0, 0.1) is 16.0 Å². The number of rotatable bonds is 4. The highest BCUT2D eigenvalue weighted by Gasteiger charge is 2.23. The Hall–Kier alpha value is -1.62. The minimum absolute atomic E-state index is 0.0165. The van der Waals surface area contributed by atoms with Gasteiger partial charge in [0, 0.05) is 25.2 Å². The van der Waals surface area contributed by atoms with Crippen molar-refractivity contribution < 1.29 is 9.72 Å². The first-order valence-electron chi connectivity index (χ1n) is 5.96. The van der Waals surface area contributed by atoms with Crippen LogP contribution in [0.15, 0.2) is 18.2 Å². The topological polar surface area (TPSA) is 63.5 Å². The van der Waals surface area contributed by atoms with E-state index in [4.69, 9.17) is 11.6 Å². The van der Waals surface area contributed by atoms with E-state index in [0.29, 0.717) is 0 Å². The van der Waals surface area contributed by atoms with E-state index in [2.05, 4.69) is 0 Å². The maximum Gasteiger partial charge on any atom is 0.270 e. The lowest BCUT2D eigenvalue weighted by Gasteiger charge is -2.28. The van der Waals surface area contributed by atoms with Gasteiger partial charge in [0.2, 0.25) is 0 Å². The van der Waals surface area contributed by atoms with Crippen molar-refractivity contribution in [3.63, 3.8) is 0 Å². The Morgan fingerprint density at radius 2 is 1.95 bits per heavy atom. The summed E-state index contributed by atoms with van der Waals surface area (Å²) < 4.78 is 0. The van der Waals surface area contributed by atoms with Crippen LogP contribution in [0.2, 0.25) is 5.02 Å². The molecule has 0 aliphatic carbocycles. The van der Waals surface area contributed by atoms with Crippen LogP contribution in [0.5, 0.6) is 0 Å². The third-order valence-corrected chi connectivity index (χ3v) is 3.62. The molecule has 0 spiro atoms. The summed E-state index contributed by atoms with van der Waals surface area (Å²) in [6.07, 6.45) is 0. The van der Waals surface area contributed by atoms with E-state index in [9.17, 15) is 14.9 Å². The molecule has 1 aromatic rings. The highest BCUT2D eigenvalue weighted by Crippen LogP contribution is 2.24. The summed E-state index contributed by atoms with van der Waals surface area (Å²) in [4.78, 5) is 24.1. The minimum Gasteiger partial charge on any atom is -0.339 e. The molecule has 0 bridgehead atoms. The molecule has 0 radical (unpaired) electrons. The van der Waals surface area contributed by atoms with Crippen molar-refractivity contribution in [2.75, 3.05) is 7.05 Å². The van der Waals surface area contributed by atoms with E-state index >= 15 is 0 Å². The normalized spacial score (nSPS) is 12.3. The third kappa shape index (κ3) is 3.44. The van der Waals surface area contributed by atoms with Crippen LogP contribution in [0.4, 0.5) is 5.69 Å². The second kappa shape index (κ2) is 6.02. The van der Waals surface area contributed by atoms with Gasteiger partial charge < -0.3 is 4.90 Å². The van der Waals surface area contributed by atoms with Crippen molar-refractivity contribution >= 4 is 23.2 Å². The van der Waals surface area contributed by atoms with Gasteiger partial charge in [-0.1, -0.05) is 25.4 Å². The second-order valence-corrected chi connectivity index (χ2v) is 5.23. The molecule has 1 atom stereocenters. The molecule has 5 nitrogen and oxygen atoms in total. The summed E-state index contributed by atoms with van der Waals surface area (Å²) in [7, 11) is 1.67. The number of hydrogen-bond donors (Lipinski definition) is 0. The summed E-state index contributed by atoms with van der Waals surface area (Å²) in [5.74, 6) is -0.0266. The van der Waals surface area contributed by atoms with Gasteiger partial charge in [-0.3, -0.25) is 14.9 Å². The lowest BCUT2D eigenvalue weighted by atomic mass is 10.0. The van der Waals surface area contributed by atoms with Crippen LogP contribution in [0.1, 0.15) is 31.1 Å². The monoisotopic (exact) mass is 284 g/mol. The van der Waals surface area contributed by atoms with Crippen LogP contribution in [0.25, 0.3) is 0 Å². The van der Waals surface area contributed by atoms with Gasteiger partial charge in [0.05, 0.1) is 15.5 Å². The van der Waals surface area contributed by atoms with Crippen LogP contribution < -0.4 is 0 Å². The average Bonchev–Trinajstić information content (AvgIpc) is 2.36. The molecule has 0 saturated carbocycles. The highest BCUT2D eigenvalue weighted by molar-refractivity contribution is 6.33. The quantitative estimate of drug-likeness (QED) is 0.629. The third-order valence-electron chi connectivity index (χ3n) is 3.29. The molecule has 0 fully saturated rings. The fourth-order valence-electron chi connectivity index (χ4n) is 1.61. The van der Waals surface area contributed by atoms with Gasteiger partial charge in [-0.25, -0.2) is 0 Å². The van der Waals surface area contributed by atoms with Crippen molar-refractivity contribution in [3.05, 3.63) is 38.9 Å². The van der Waals surface area contributed by atoms with Crippen molar-refractivity contribution in [1.29, 1.82) is 0 Å². The highest BCUT2D eigenvalue weighted by atomic mass is 35.5. The van der Waals surface area contributed by atoms with Gasteiger partial charge in [-0.15, -0.1) is 0 Å². The number of nitro groups is 1. The van der Waals surface area contributed by atoms with Gasteiger partial charge in [-0.05, 0) is 18.9 Å². The first-order valence-corrected chi connectivity index (χ1v) is 6.34.